The average molecular weight is 860 g/mol. The largest absolute Gasteiger partial charge is 0.472 e. The Morgan fingerprint density at radius 1 is 0.441 bits per heavy atom. The van der Waals surface area contributed by atoms with Crippen LogP contribution in [-0.4, -0.2) is 49.3 Å². The lowest BCUT2D eigenvalue weighted by molar-refractivity contribution is -0.161. The van der Waals surface area contributed by atoms with Crippen LogP contribution in [0.1, 0.15) is 271 Å². The number of hydrogen-bond donors (Lipinski definition) is 2. The smallest absolute Gasteiger partial charge is 0.462 e. The van der Waals surface area contributed by atoms with Gasteiger partial charge in [-0.25, -0.2) is 4.57 Å². The van der Waals surface area contributed by atoms with Crippen molar-refractivity contribution in [3.63, 3.8) is 0 Å². The summed E-state index contributed by atoms with van der Waals surface area (Å²) < 4.78 is 32.9. The van der Waals surface area contributed by atoms with E-state index in [-0.39, 0.29) is 38.6 Å². The molecule has 0 aliphatic carbocycles. The van der Waals surface area contributed by atoms with Crippen molar-refractivity contribution >= 4 is 19.8 Å². The van der Waals surface area contributed by atoms with Crippen LogP contribution < -0.4 is 5.73 Å². The summed E-state index contributed by atoms with van der Waals surface area (Å²) in [7, 11) is -4.37. The molecule has 0 bridgehead atoms. The molecular formula is C49H98NO8P. The number of esters is 2. The molecule has 352 valence electrons. The van der Waals surface area contributed by atoms with Gasteiger partial charge in [-0.3, -0.25) is 18.6 Å². The van der Waals surface area contributed by atoms with E-state index in [2.05, 4.69) is 13.8 Å². The number of carbonyl (C=O) groups is 2. The monoisotopic (exact) mass is 860 g/mol. The first-order valence-corrected chi connectivity index (χ1v) is 27.0. The number of ether oxygens (including phenoxy) is 2. The minimum Gasteiger partial charge on any atom is -0.462 e. The van der Waals surface area contributed by atoms with E-state index in [4.69, 9.17) is 24.3 Å². The predicted octanol–water partition coefficient (Wildman–Crippen LogP) is 15.2. The Kier molecular flexibility index (Phi) is 45.7. The number of carbonyl (C=O) groups excluding carboxylic acids is 2. The molecule has 0 aliphatic heterocycles. The van der Waals surface area contributed by atoms with Gasteiger partial charge in [0, 0.05) is 19.4 Å². The number of unbranched alkanes of at least 4 members (excludes halogenated alkanes) is 36. The molecule has 0 amide bonds. The molecule has 10 heteroatoms. The highest BCUT2D eigenvalue weighted by Crippen LogP contribution is 2.43. The average Bonchev–Trinajstić information content (AvgIpc) is 3.22. The molecule has 0 aromatic heterocycles. The normalized spacial score (nSPS) is 13.1. The summed E-state index contributed by atoms with van der Waals surface area (Å²) in [6, 6.07) is 0. The number of rotatable bonds is 49. The van der Waals surface area contributed by atoms with E-state index in [1.807, 2.05) is 0 Å². The first-order chi connectivity index (χ1) is 28.8. The zero-order valence-electron chi connectivity index (χ0n) is 39.0. The second-order valence-electron chi connectivity index (χ2n) is 17.4. The van der Waals surface area contributed by atoms with Crippen LogP contribution in [0.5, 0.6) is 0 Å². The van der Waals surface area contributed by atoms with Gasteiger partial charge in [0.1, 0.15) is 6.61 Å². The Morgan fingerprint density at radius 2 is 0.729 bits per heavy atom. The van der Waals surface area contributed by atoms with Gasteiger partial charge in [0.15, 0.2) is 6.10 Å². The second kappa shape index (κ2) is 46.5. The van der Waals surface area contributed by atoms with Crippen LogP contribution in [0.3, 0.4) is 0 Å². The predicted molar refractivity (Wildman–Crippen MR) is 248 cm³/mol. The zero-order valence-corrected chi connectivity index (χ0v) is 39.9. The quantitative estimate of drug-likeness (QED) is 0.0348. The maximum absolute atomic E-state index is 12.6. The summed E-state index contributed by atoms with van der Waals surface area (Å²) in [4.78, 5) is 35.0. The van der Waals surface area contributed by atoms with Crippen molar-refractivity contribution < 1.29 is 37.6 Å². The lowest BCUT2D eigenvalue weighted by Crippen LogP contribution is -2.29. The number of nitrogens with two attached hydrogens (primary N) is 1. The standard InChI is InChI=1S/C49H98NO8P/c1-3-5-7-9-11-13-15-17-19-21-23-24-26-28-30-32-34-36-38-40-42-49(52)58-47(46-57-59(53,54)56-44-43-50)45-55-48(51)41-39-37-35-33-31-29-27-25-22-20-18-16-14-12-10-8-6-4-2/h47H,3-46,50H2,1-2H3,(H,53,54). The highest BCUT2D eigenvalue weighted by atomic mass is 31.2. The van der Waals surface area contributed by atoms with Crippen molar-refractivity contribution in [2.24, 2.45) is 5.73 Å². The van der Waals surface area contributed by atoms with E-state index in [1.165, 1.54) is 205 Å². The van der Waals surface area contributed by atoms with Crippen LogP contribution in [0.4, 0.5) is 0 Å². The second-order valence-corrected chi connectivity index (χ2v) is 18.9. The van der Waals surface area contributed by atoms with Crippen LogP contribution in [0, 0.1) is 0 Å². The fourth-order valence-electron chi connectivity index (χ4n) is 7.70. The van der Waals surface area contributed by atoms with Crippen molar-refractivity contribution in [3.05, 3.63) is 0 Å². The van der Waals surface area contributed by atoms with Gasteiger partial charge in [-0.1, -0.05) is 245 Å². The fourth-order valence-corrected chi connectivity index (χ4v) is 8.46. The maximum atomic E-state index is 12.6. The lowest BCUT2D eigenvalue weighted by Gasteiger charge is -2.19. The molecule has 0 aliphatic rings. The molecule has 9 nitrogen and oxygen atoms in total. The Bertz CT molecular complexity index is 938. The molecule has 2 atom stereocenters. The van der Waals surface area contributed by atoms with E-state index in [1.54, 1.807) is 0 Å². The molecule has 2 unspecified atom stereocenters. The SMILES string of the molecule is CCCCCCCCCCCCCCCCCCCCCCC(=O)OC(COC(=O)CCCCCCCCCCCCCCCCCCCC)COP(=O)(O)OCCN. The fraction of sp³-hybridized carbons (Fsp3) is 0.959. The van der Waals surface area contributed by atoms with Crippen LogP contribution >= 0.6 is 7.82 Å². The van der Waals surface area contributed by atoms with Crippen molar-refractivity contribution in [1.82, 2.24) is 0 Å². The first kappa shape index (κ1) is 58.0. The third-order valence-corrected chi connectivity index (χ3v) is 12.5. The van der Waals surface area contributed by atoms with Crippen molar-refractivity contribution in [2.45, 2.75) is 277 Å². The summed E-state index contributed by atoms with van der Waals surface area (Å²) in [5.74, 6) is -0.806. The molecule has 0 heterocycles. The Morgan fingerprint density at radius 3 is 1.03 bits per heavy atom. The lowest BCUT2D eigenvalue weighted by atomic mass is 10.0. The molecule has 0 radical (unpaired) electrons. The van der Waals surface area contributed by atoms with Crippen LogP contribution in [0.2, 0.25) is 0 Å². The molecular weight excluding hydrogens is 762 g/mol. The van der Waals surface area contributed by atoms with E-state index >= 15 is 0 Å². The third kappa shape index (κ3) is 46.3. The van der Waals surface area contributed by atoms with E-state index in [9.17, 15) is 19.0 Å². The summed E-state index contributed by atoms with van der Waals surface area (Å²) in [5, 5.41) is 0. The van der Waals surface area contributed by atoms with E-state index < -0.39 is 26.5 Å². The Balaban J connectivity index is 3.99. The Labute approximate surface area is 365 Å². The van der Waals surface area contributed by atoms with Crippen LogP contribution in [0.15, 0.2) is 0 Å². The van der Waals surface area contributed by atoms with Gasteiger partial charge in [0.2, 0.25) is 0 Å². The van der Waals surface area contributed by atoms with Crippen LogP contribution in [0.25, 0.3) is 0 Å². The number of hydrogen-bond acceptors (Lipinski definition) is 8. The summed E-state index contributed by atoms with van der Waals surface area (Å²) in [6.07, 6.45) is 48.5. The summed E-state index contributed by atoms with van der Waals surface area (Å²) in [5.41, 5.74) is 5.37. The van der Waals surface area contributed by atoms with Gasteiger partial charge < -0.3 is 20.1 Å². The summed E-state index contributed by atoms with van der Waals surface area (Å²) in [6.45, 7) is 3.81. The Hall–Kier alpha value is -0.990. The van der Waals surface area contributed by atoms with Gasteiger partial charge in [0.25, 0.3) is 0 Å². The number of phosphoric ester groups is 1. The van der Waals surface area contributed by atoms with Gasteiger partial charge in [-0.15, -0.1) is 0 Å². The minimum atomic E-state index is -4.37. The third-order valence-electron chi connectivity index (χ3n) is 11.5. The minimum absolute atomic E-state index is 0.0584. The van der Waals surface area contributed by atoms with Crippen LogP contribution in [-0.2, 0) is 32.7 Å². The molecule has 0 aromatic carbocycles. The molecule has 0 aromatic rings. The first-order valence-electron chi connectivity index (χ1n) is 25.5. The highest BCUT2D eigenvalue weighted by molar-refractivity contribution is 7.47. The van der Waals surface area contributed by atoms with Gasteiger partial charge in [-0.05, 0) is 12.8 Å². The van der Waals surface area contributed by atoms with Gasteiger partial charge in [-0.2, -0.15) is 0 Å². The highest BCUT2D eigenvalue weighted by Gasteiger charge is 2.26. The number of phosphoric acid groups is 1. The van der Waals surface area contributed by atoms with Crippen molar-refractivity contribution in [3.8, 4) is 0 Å². The summed E-state index contributed by atoms with van der Waals surface area (Å²) >= 11 is 0. The topological polar surface area (TPSA) is 134 Å². The molecule has 0 fully saturated rings. The molecule has 3 N–H and O–H groups in total. The van der Waals surface area contributed by atoms with Crippen molar-refractivity contribution in [1.29, 1.82) is 0 Å². The molecule has 0 spiro atoms. The molecule has 0 saturated heterocycles. The maximum Gasteiger partial charge on any atom is 0.472 e. The van der Waals surface area contributed by atoms with Gasteiger partial charge >= 0.3 is 19.8 Å². The van der Waals surface area contributed by atoms with Gasteiger partial charge in [0.05, 0.1) is 13.2 Å². The molecule has 0 saturated carbocycles. The molecule has 59 heavy (non-hydrogen) atoms. The van der Waals surface area contributed by atoms with Crippen molar-refractivity contribution in [2.75, 3.05) is 26.4 Å². The molecule has 0 rings (SSSR count). The van der Waals surface area contributed by atoms with E-state index in [0.29, 0.717) is 6.42 Å². The van der Waals surface area contributed by atoms with E-state index in [0.717, 1.165) is 32.1 Å². The zero-order chi connectivity index (χ0) is 43.2.